The molecule has 1 nitrogen and oxygen atoms in total. The molecule has 0 amide bonds. The normalized spacial score (nSPS) is 12.0. The van der Waals surface area contributed by atoms with E-state index in [0.717, 1.165) is 0 Å². The number of hydrogen-bond acceptors (Lipinski definition) is 1. The molecule has 2 heteroatoms. The summed E-state index contributed by atoms with van der Waals surface area (Å²) in [7, 11) is 0. The van der Waals surface area contributed by atoms with Crippen LogP contribution in [0.15, 0.2) is 60.0 Å². The second kappa shape index (κ2) is 3.62. The maximum Gasteiger partial charge on any atom is 0.0652 e. The number of thiophene rings is 1. The van der Waals surface area contributed by atoms with Gasteiger partial charge in [0, 0.05) is 21.7 Å². The maximum atomic E-state index is 3.61. The van der Waals surface area contributed by atoms with Gasteiger partial charge in [-0.2, -0.15) is 0 Å². The van der Waals surface area contributed by atoms with Crippen LogP contribution >= 0.6 is 11.3 Å². The molecule has 0 bridgehead atoms. The van der Waals surface area contributed by atoms with Crippen LogP contribution in [0.4, 0.5) is 0 Å². The van der Waals surface area contributed by atoms with E-state index >= 15 is 0 Å². The fraction of sp³-hybridized carbons (Fsp3) is 0. The van der Waals surface area contributed by atoms with Crippen LogP contribution in [0.3, 0.4) is 0 Å². The largest absolute Gasteiger partial charge is 0.353 e. The fourth-order valence-electron chi connectivity index (χ4n) is 3.24. The highest BCUT2D eigenvalue weighted by molar-refractivity contribution is 7.18. The summed E-state index contributed by atoms with van der Waals surface area (Å²) >= 11 is 1.82. The SMILES string of the molecule is c1ccc2c(c1)[nH]c1c3sccc3c3ccccc3c21. The van der Waals surface area contributed by atoms with E-state index in [4.69, 9.17) is 0 Å². The quantitative estimate of drug-likeness (QED) is 0.373. The summed E-state index contributed by atoms with van der Waals surface area (Å²) in [6, 6.07) is 19.5. The summed E-state index contributed by atoms with van der Waals surface area (Å²) in [4.78, 5) is 3.61. The molecule has 0 atom stereocenters. The van der Waals surface area contributed by atoms with Crippen molar-refractivity contribution in [3.05, 3.63) is 60.0 Å². The minimum atomic E-state index is 1.22. The predicted molar refractivity (Wildman–Crippen MR) is 88.7 cm³/mol. The number of aromatic amines is 1. The lowest BCUT2D eigenvalue weighted by Crippen LogP contribution is -1.76. The highest BCUT2D eigenvalue weighted by atomic mass is 32.1. The molecular weight excluding hydrogens is 262 g/mol. The standard InChI is InChI=1S/C18H11NS/c1-2-6-12-11(5-1)13-9-10-20-18(13)17-16(12)14-7-3-4-8-15(14)19-17/h1-10,19H. The van der Waals surface area contributed by atoms with E-state index in [1.807, 2.05) is 11.3 Å². The van der Waals surface area contributed by atoms with Gasteiger partial charge in [-0.15, -0.1) is 11.3 Å². The molecule has 3 aromatic carbocycles. The topological polar surface area (TPSA) is 15.8 Å². The van der Waals surface area contributed by atoms with Crippen molar-refractivity contribution in [2.24, 2.45) is 0 Å². The van der Waals surface area contributed by atoms with Crippen molar-refractivity contribution in [3.63, 3.8) is 0 Å². The molecule has 94 valence electrons. The number of fused-ring (bicyclic) bond motifs is 8. The van der Waals surface area contributed by atoms with Gasteiger partial charge in [-0.05, 0) is 28.3 Å². The minimum Gasteiger partial charge on any atom is -0.353 e. The summed E-state index contributed by atoms with van der Waals surface area (Å²) in [5.74, 6) is 0. The zero-order valence-electron chi connectivity index (χ0n) is 10.7. The Morgan fingerprint density at radius 3 is 2.35 bits per heavy atom. The van der Waals surface area contributed by atoms with E-state index in [-0.39, 0.29) is 0 Å². The molecule has 2 heterocycles. The number of aromatic nitrogens is 1. The smallest absolute Gasteiger partial charge is 0.0652 e. The van der Waals surface area contributed by atoms with Crippen LogP contribution in [-0.4, -0.2) is 4.98 Å². The van der Waals surface area contributed by atoms with Crippen molar-refractivity contribution in [3.8, 4) is 0 Å². The van der Waals surface area contributed by atoms with E-state index in [1.54, 1.807) is 0 Å². The van der Waals surface area contributed by atoms with Gasteiger partial charge in [0.25, 0.3) is 0 Å². The number of nitrogens with one attached hydrogen (secondary N) is 1. The number of H-pyrrole nitrogens is 1. The Morgan fingerprint density at radius 2 is 1.45 bits per heavy atom. The van der Waals surface area contributed by atoms with E-state index in [0.29, 0.717) is 0 Å². The molecule has 20 heavy (non-hydrogen) atoms. The van der Waals surface area contributed by atoms with E-state index in [9.17, 15) is 0 Å². The first-order valence-electron chi connectivity index (χ1n) is 6.72. The van der Waals surface area contributed by atoms with Crippen molar-refractivity contribution >= 4 is 54.0 Å². The third kappa shape index (κ3) is 1.17. The van der Waals surface area contributed by atoms with Gasteiger partial charge in [-0.3, -0.25) is 0 Å². The molecule has 0 saturated carbocycles. The van der Waals surface area contributed by atoms with Gasteiger partial charge in [-0.25, -0.2) is 0 Å². The lowest BCUT2D eigenvalue weighted by atomic mass is 10.0. The van der Waals surface area contributed by atoms with Crippen molar-refractivity contribution in [2.75, 3.05) is 0 Å². The summed E-state index contributed by atoms with van der Waals surface area (Å²) < 4.78 is 1.36. The number of para-hydroxylation sites is 1. The predicted octanol–water partition coefficient (Wildman–Crippen LogP) is 5.69. The maximum absolute atomic E-state index is 3.61. The molecule has 0 fully saturated rings. The average molecular weight is 273 g/mol. The number of rotatable bonds is 0. The van der Waals surface area contributed by atoms with E-state index < -0.39 is 0 Å². The van der Waals surface area contributed by atoms with Crippen LogP contribution in [0.1, 0.15) is 0 Å². The molecule has 0 aliphatic rings. The zero-order chi connectivity index (χ0) is 13.1. The van der Waals surface area contributed by atoms with Gasteiger partial charge in [0.05, 0.1) is 10.2 Å². The van der Waals surface area contributed by atoms with Gasteiger partial charge in [-0.1, -0.05) is 42.5 Å². The van der Waals surface area contributed by atoms with Crippen LogP contribution in [-0.2, 0) is 0 Å². The van der Waals surface area contributed by atoms with Crippen LogP contribution < -0.4 is 0 Å². The molecule has 0 aliphatic heterocycles. The van der Waals surface area contributed by atoms with Crippen LogP contribution in [0, 0.1) is 0 Å². The highest BCUT2D eigenvalue weighted by Crippen LogP contribution is 2.40. The van der Waals surface area contributed by atoms with Crippen LogP contribution in [0.5, 0.6) is 0 Å². The molecule has 5 rings (SSSR count). The first-order chi connectivity index (χ1) is 9.93. The Hall–Kier alpha value is -2.32. The number of benzene rings is 3. The first kappa shape index (κ1) is 10.5. The van der Waals surface area contributed by atoms with Crippen LogP contribution in [0.25, 0.3) is 42.7 Å². The molecule has 0 spiro atoms. The van der Waals surface area contributed by atoms with Crippen molar-refractivity contribution < 1.29 is 0 Å². The highest BCUT2D eigenvalue weighted by Gasteiger charge is 2.13. The Labute approximate surface area is 119 Å². The van der Waals surface area contributed by atoms with Gasteiger partial charge in [0.1, 0.15) is 0 Å². The third-order valence-corrected chi connectivity index (χ3v) is 5.02. The summed E-state index contributed by atoms with van der Waals surface area (Å²) in [5, 5.41) is 8.89. The zero-order valence-corrected chi connectivity index (χ0v) is 11.5. The Balaban J connectivity index is 2.27. The summed E-state index contributed by atoms with van der Waals surface area (Å²) in [6.45, 7) is 0. The van der Waals surface area contributed by atoms with Crippen LogP contribution in [0.2, 0.25) is 0 Å². The summed E-state index contributed by atoms with van der Waals surface area (Å²) in [6.07, 6.45) is 0. The molecule has 0 radical (unpaired) electrons. The first-order valence-corrected chi connectivity index (χ1v) is 7.60. The molecule has 0 saturated heterocycles. The van der Waals surface area contributed by atoms with Gasteiger partial charge < -0.3 is 4.98 Å². The Morgan fingerprint density at radius 1 is 0.700 bits per heavy atom. The van der Waals surface area contributed by atoms with Gasteiger partial charge in [0.15, 0.2) is 0 Å². The van der Waals surface area contributed by atoms with Crippen molar-refractivity contribution in [2.45, 2.75) is 0 Å². The average Bonchev–Trinajstić information content (AvgIpc) is 3.12. The number of hydrogen-bond donors (Lipinski definition) is 1. The molecule has 0 aliphatic carbocycles. The van der Waals surface area contributed by atoms with Crippen molar-refractivity contribution in [1.29, 1.82) is 0 Å². The summed E-state index contributed by atoms with van der Waals surface area (Å²) in [5.41, 5.74) is 2.49. The lowest BCUT2D eigenvalue weighted by Gasteiger charge is -2.03. The minimum absolute atomic E-state index is 1.22. The van der Waals surface area contributed by atoms with Gasteiger partial charge in [0.2, 0.25) is 0 Å². The molecule has 1 N–H and O–H groups in total. The van der Waals surface area contributed by atoms with E-state index in [1.165, 1.54) is 42.7 Å². The van der Waals surface area contributed by atoms with Crippen molar-refractivity contribution in [1.82, 2.24) is 4.98 Å². The monoisotopic (exact) mass is 273 g/mol. The van der Waals surface area contributed by atoms with E-state index in [2.05, 4.69) is 65.0 Å². The third-order valence-electron chi connectivity index (χ3n) is 4.08. The van der Waals surface area contributed by atoms with Gasteiger partial charge >= 0.3 is 0 Å². The lowest BCUT2D eigenvalue weighted by molar-refractivity contribution is 1.57. The second-order valence-electron chi connectivity index (χ2n) is 5.13. The second-order valence-corrected chi connectivity index (χ2v) is 6.05. The molecule has 2 aromatic heterocycles. The Kier molecular flexibility index (Phi) is 1.89. The molecule has 5 aromatic rings. The molecular formula is C18H11NS. The molecule has 0 unspecified atom stereocenters. The fourth-order valence-corrected chi connectivity index (χ4v) is 4.16. The Bertz CT molecular complexity index is 1090.